The Kier molecular flexibility index (Phi) is 3.93. The molecule has 5 atom stereocenters. The zero-order chi connectivity index (χ0) is 20.7. The fourth-order valence-electron chi connectivity index (χ4n) is 6.83. The molecule has 0 unspecified atom stereocenters. The molecule has 2 heterocycles. The number of hydrogen-bond donors (Lipinski definition) is 0. The maximum atomic E-state index is 6.84. The molecule has 2 aliphatic carbocycles. The molecular weight excluding hydrogens is 421 g/mol. The van der Waals surface area contributed by atoms with E-state index in [1.807, 2.05) is 6.07 Å². The molecule has 31 heavy (non-hydrogen) atoms. The van der Waals surface area contributed by atoms with Gasteiger partial charge < -0.3 is 4.90 Å². The maximum absolute atomic E-state index is 6.84. The molecule has 0 saturated carbocycles. The Morgan fingerprint density at radius 3 is 2.61 bits per heavy atom. The smallest absolute Gasteiger partial charge is 0.0645 e. The van der Waals surface area contributed by atoms with E-state index in [-0.39, 0.29) is 6.04 Å². The standard InChI is InChI=1S/C28H23Cl2N/c29-24-13-5-12-22(26(24)30)27-21-11-4-10-20(21)25-19-8-2-1-6-16(19)14-23-18-9-3-7-17(18)15-31(27)28(23)25/h1-6,8-10,12-14,17-18,20-21,27H,7,11,15H2/t17-,18+,20-,21+,27-/m1/s1. The van der Waals surface area contributed by atoms with Crippen LogP contribution in [0.4, 0.5) is 5.69 Å². The first-order valence-corrected chi connectivity index (χ1v) is 12.1. The molecule has 3 heteroatoms. The van der Waals surface area contributed by atoms with Crippen LogP contribution >= 0.6 is 23.2 Å². The zero-order valence-corrected chi connectivity index (χ0v) is 18.7. The molecule has 0 spiro atoms. The molecule has 0 aromatic heterocycles. The second-order valence-corrected chi connectivity index (χ2v) is 10.3. The molecule has 1 nitrogen and oxygen atoms in total. The number of fused-ring (bicyclic) bond motifs is 6. The molecule has 154 valence electrons. The van der Waals surface area contributed by atoms with Crippen molar-refractivity contribution in [1.29, 1.82) is 0 Å². The third kappa shape index (κ3) is 2.45. The van der Waals surface area contributed by atoms with Crippen LogP contribution in [0.25, 0.3) is 10.8 Å². The number of hydrogen-bond acceptors (Lipinski definition) is 1. The van der Waals surface area contributed by atoms with Crippen molar-refractivity contribution < 1.29 is 0 Å². The van der Waals surface area contributed by atoms with Gasteiger partial charge in [-0.05, 0) is 64.3 Å². The lowest BCUT2D eigenvalue weighted by Crippen LogP contribution is -2.46. The van der Waals surface area contributed by atoms with Crippen LogP contribution in [0, 0.1) is 11.8 Å². The van der Waals surface area contributed by atoms with E-state index in [1.54, 1.807) is 0 Å². The Morgan fingerprint density at radius 2 is 1.68 bits per heavy atom. The summed E-state index contributed by atoms with van der Waals surface area (Å²) in [5.74, 6) is 2.05. The van der Waals surface area contributed by atoms with Gasteiger partial charge in [0.15, 0.2) is 0 Å². The number of anilines is 1. The maximum Gasteiger partial charge on any atom is 0.0645 e. The number of allylic oxidation sites excluding steroid dienone is 4. The normalized spacial score (nSPS) is 29.9. The van der Waals surface area contributed by atoms with Crippen molar-refractivity contribution in [3.8, 4) is 0 Å². The highest BCUT2D eigenvalue weighted by atomic mass is 35.5. The summed E-state index contributed by atoms with van der Waals surface area (Å²) in [5, 5.41) is 4.15. The Labute approximate surface area is 193 Å². The van der Waals surface area contributed by atoms with E-state index in [9.17, 15) is 0 Å². The molecular formula is C28H23Cl2N. The van der Waals surface area contributed by atoms with E-state index in [0.29, 0.717) is 28.7 Å². The number of halogens is 2. The minimum Gasteiger partial charge on any atom is -0.363 e. The molecule has 0 amide bonds. The minimum absolute atomic E-state index is 0.250. The van der Waals surface area contributed by atoms with E-state index in [2.05, 4.69) is 71.7 Å². The average molecular weight is 444 g/mol. The molecule has 4 aliphatic rings. The molecule has 0 radical (unpaired) electrons. The summed E-state index contributed by atoms with van der Waals surface area (Å²) in [7, 11) is 0. The lowest BCUT2D eigenvalue weighted by atomic mass is 9.69. The quantitative estimate of drug-likeness (QED) is 0.343. The molecule has 3 aromatic rings. The van der Waals surface area contributed by atoms with Crippen LogP contribution in [0.15, 0.2) is 72.8 Å². The SMILES string of the molecule is Clc1cccc([C@H]2[C@H]3CC=C[C@H]3c3c4c(cc5ccccc35)[C@H]3C=CC[C@@H]3CN42)c1Cl. The summed E-state index contributed by atoms with van der Waals surface area (Å²) in [6.45, 7) is 1.08. The highest BCUT2D eigenvalue weighted by Crippen LogP contribution is 2.61. The van der Waals surface area contributed by atoms with E-state index in [1.165, 1.54) is 33.2 Å². The Bertz CT molecular complexity index is 1290. The molecule has 2 aliphatic heterocycles. The van der Waals surface area contributed by atoms with E-state index >= 15 is 0 Å². The minimum atomic E-state index is 0.250. The predicted molar refractivity (Wildman–Crippen MR) is 130 cm³/mol. The van der Waals surface area contributed by atoms with Gasteiger partial charge in [-0.1, -0.05) is 83.9 Å². The van der Waals surface area contributed by atoms with Gasteiger partial charge in [-0.3, -0.25) is 0 Å². The van der Waals surface area contributed by atoms with E-state index in [4.69, 9.17) is 23.2 Å². The van der Waals surface area contributed by atoms with Gasteiger partial charge in [0.2, 0.25) is 0 Å². The Morgan fingerprint density at radius 1 is 0.839 bits per heavy atom. The van der Waals surface area contributed by atoms with Gasteiger partial charge in [0, 0.05) is 24.1 Å². The van der Waals surface area contributed by atoms with E-state index < -0.39 is 0 Å². The first kappa shape index (κ1) is 18.4. The van der Waals surface area contributed by atoms with E-state index in [0.717, 1.165) is 24.4 Å². The van der Waals surface area contributed by atoms with Crippen molar-refractivity contribution in [2.75, 3.05) is 11.4 Å². The van der Waals surface area contributed by atoms with Crippen molar-refractivity contribution in [2.24, 2.45) is 11.8 Å². The molecule has 3 aromatic carbocycles. The zero-order valence-electron chi connectivity index (χ0n) is 17.1. The molecule has 7 rings (SSSR count). The van der Waals surface area contributed by atoms with Gasteiger partial charge in [-0.25, -0.2) is 0 Å². The summed E-state index contributed by atoms with van der Waals surface area (Å²) in [6.07, 6.45) is 11.9. The van der Waals surface area contributed by atoms with Crippen LogP contribution in [0.5, 0.6) is 0 Å². The van der Waals surface area contributed by atoms with Crippen LogP contribution in [0.2, 0.25) is 10.0 Å². The summed E-state index contributed by atoms with van der Waals surface area (Å²) in [4.78, 5) is 2.71. The monoisotopic (exact) mass is 443 g/mol. The lowest BCUT2D eigenvalue weighted by Gasteiger charge is -2.52. The predicted octanol–water partition coefficient (Wildman–Crippen LogP) is 8.04. The number of rotatable bonds is 1. The summed E-state index contributed by atoms with van der Waals surface area (Å²) in [6, 6.07) is 17.8. The van der Waals surface area contributed by atoms with Gasteiger partial charge in [0.25, 0.3) is 0 Å². The number of benzene rings is 3. The van der Waals surface area contributed by atoms with Gasteiger partial charge in [0.1, 0.15) is 0 Å². The summed E-state index contributed by atoms with van der Waals surface area (Å²) in [5.41, 5.74) is 5.67. The third-order valence-electron chi connectivity index (χ3n) is 8.05. The second-order valence-electron chi connectivity index (χ2n) is 9.49. The van der Waals surface area contributed by atoms with Crippen LogP contribution in [-0.2, 0) is 0 Å². The summed E-state index contributed by atoms with van der Waals surface area (Å²) >= 11 is 13.3. The fourth-order valence-corrected chi connectivity index (χ4v) is 7.25. The van der Waals surface area contributed by atoms with Gasteiger partial charge in [-0.15, -0.1) is 0 Å². The van der Waals surface area contributed by atoms with Crippen LogP contribution in [0.1, 0.15) is 47.4 Å². The third-order valence-corrected chi connectivity index (χ3v) is 8.88. The highest BCUT2D eigenvalue weighted by molar-refractivity contribution is 6.42. The van der Waals surface area contributed by atoms with Crippen molar-refractivity contribution in [3.05, 3.63) is 99.6 Å². The Balaban J connectivity index is 1.56. The molecule has 0 saturated heterocycles. The second kappa shape index (κ2) is 6.64. The average Bonchev–Trinajstić information content (AvgIpc) is 3.45. The molecule has 0 fully saturated rings. The highest BCUT2D eigenvalue weighted by Gasteiger charge is 2.48. The van der Waals surface area contributed by atoms with Crippen molar-refractivity contribution in [1.82, 2.24) is 0 Å². The molecule has 0 N–H and O–H groups in total. The van der Waals surface area contributed by atoms with Gasteiger partial charge in [0.05, 0.1) is 16.1 Å². The van der Waals surface area contributed by atoms with Crippen LogP contribution < -0.4 is 4.90 Å². The lowest BCUT2D eigenvalue weighted by molar-refractivity contribution is 0.336. The van der Waals surface area contributed by atoms with Crippen molar-refractivity contribution in [3.63, 3.8) is 0 Å². The molecule has 0 bridgehead atoms. The largest absolute Gasteiger partial charge is 0.363 e. The first-order chi connectivity index (χ1) is 15.2. The topological polar surface area (TPSA) is 3.24 Å². The summed E-state index contributed by atoms with van der Waals surface area (Å²) < 4.78 is 0. The van der Waals surface area contributed by atoms with Crippen molar-refractivity contribution in [2.45, 2.75) is 30.7 Å². The Hall–Kier alpha value is -2.22. The van der Waals surface area contributed by atoms with Crippen molar-refractivity contribution >= 4 is 39.7 Å². The number of nitrogens with zero attached hydrogens (tertiary/aromatic N) is 1. The first-order valence-electron chi connectivity index (χ1n) is 11.3. The van der Waals surface area contributed by atoms with Gasteiger partial charge in [-0.2, -0.15) is 0 Å². The van der Waals surface area contributed by atoms with Crippen LogP contribution in [-0.4, -0.2) is 6.54 Å². The fraction of sp³-hybridized carbons (Fsp3) is 0.286. The van der Waals surface area contributed by atoms with Crippen LogP contribution in [0.3, 0.4) is 0 Å². The van der Waals surface area contributed by atoms with Gasteiger partial charge >= 0.3 is 0 Å².